The van der Waals surface area contributed by atoms with E-state index >= 15 is 0 Å². The minimum absolute atomic E-state index is 0.280. The molecular formula is C17H20N2O3. The second-order valence-electron chi connectivity index (χ2n) is 4.94. The van der Waals surface area contributed by atoms with Crippen LogP contribution in [-0.4, -0.2) is 29.5 Å². The number of carbonyl (C=O) groups excluding carboxylic acids is 2. The standard InChI is InChI=1S/C17H20N2O3/c1-3-15(22-16(20)4-2)17(21)18-10-9-12-11-19-14-8-6-5-7-13(12)14/h4-8,11,15,19H,2-3,9-10H2,1H3,(H,18,21)/t15-/m1/s1. The Morgan fingerprint density at radius 2 is 2.18 bits per heavy atom. The van der Waals surface area contributed by atoms with E-state index < -0.39 is 12.1 Å². The molecule has 1 atom stereocenters. The lowest BCUT2D eigenvalue weighted by molar-refractivity contribution is -0.151. The number of para-hydroxylation sites is 1. The van der Waals surface area contributed by atoms with Crippen LogP contribution in [0, 0.1) is 0 Å². The summed E-state index contributed by atoms with van der Waals surface area (Å²) in [7, 11) is 0. The number of aromatic nitrogens is 1. The minimum Gasteiger partial charge on any atom is -0.449 e. The largest absolute Gasteiger partial charge is 0.449 e. The van der Waals surface area contributed by atoms with Crippen LogP contribution in [0.2, 0.25) is 0 Å². The van der Waals surface area contributed by atoms with Crippen molar-refractivity contribution in [2.45, 2.75) is 25.9 Å². The summed E-state index contributed by atoms with van der Waals surface area (Å²) < 4.78 is 4.99. The molecule has 1 heterocycles. The molecule has 0 aliphatic carbocycles. The smallest absolute Gasteiger partial charge is 0.330 e. The summed E-state index contributed by atoms with van der Waals surface area (Å²) in [6.45, 7) is 5.60. The first-order chi connectivity index (χ1) is 10.7. The Morgan fingerprint density at radius 1 is 1.41 bits per heavy atom. The quantitative estimate of drug-likeness (QED) is 0.609. The van der Waals surface area contributed by atoms with E-state index in [-0.39, 0.29) is 5.91 Å². The van der Waals surface area contributed by atoms with Gasteiger partial charge in [0.2, 0.25) is 0 Å². The Morgan fingerprint density at radius 3 is 2.91 bits per heavy atom. The van der Waals surface area contributed by atoms with Crippen molar-refractivity contribution in [2.24, 2.45) is 0 Å². The van der Waals surface area contributed by atoms with E-state index in [9.17, 15) is 9.59 Å². The first-order valence-electron chi connectivity index (χ1n) is 7.31. The van der Waals surface area contributed by atoms with Crippen LogP contribution in [0.4, 0.5) is 0 Å². The number of rotatable bonds is 7. The fourth-order valence-electron chi connectivity index (χ4n) is 2.28. The van der Waals surface area contributed by atoms with Gasteiger partial charge in [0, 0.05) is 29.7 Å². The van der Waals surface area contributed by atoms with Crippen molar-refractivity contribution < 1.29 is 14.3 Å². The van der Waals surface area contributed by atoms with Crippen LogP contribution in [0.3, 0.4) is 0 Å². The third-order valence-electron chi connectivity index (χ3n) is 3.46. The van der Waals surface area contributed by atoms with Gasteiger partial charge in [0.05, 0.1) is 0 Å². The number of benzene rings is 1. The Hall–Kier alpha value is -2.56. The summed E-state index contributed by atoms with van der Waals surface area (Å²) >= 11 is 0. The second-order valence-corrected chi connectivity index (χ2v) is 4.94. The molecule has 2 rings (SSSR count). The van der Waals surface area contributed by atoms with E-state index in [1.807, 2.05) is 30.5 Å². The average molecular weight is 300 g/mol. The van der Waals surface area contributed by atoms with E-state index in [4.69, 9.17) is 4.74 Å². The van der Waals surface area contributed by atoms with E-state index in [1.54, 1.807) is 6.92 Å². The highest BCUT2D eigenvalue weighted by molar-refractivity contribution is 5.87. The van der Waals surface area contributed by atoms with Gasteiger partial charge in [-0.3, -0.25) is 4.79 Å². The molecule has 0 saturated carbocycles. The Kier molecular flexibility index (Phi) is 5.36. The van der Waals surface area contributed by atoms with Gasteiger partial charge in [-0.05, 0) is 24.5 Å². The second kappa shape index (κ2) is 7.45. The zero-order valence-electron chi connectivity index (χ0n) is 12.6. The fourth-order valence-corrected chi connectivity index (χ4v) is 2.28. The number of nitrogens with one attached hydrogen (secondary N) is 2. The third-order valence-corrected chi connectivity index (χ3v) is 3.46. The van der Waals surface area contributed by atoms with Gasteiger partial charge in [0.1, 0.15) is 0 Å². The molecule has 0 fully saturated rings. The number of carbonyl (C=O) groups is 2. The summed E-state index contributed by atoms with van der Waals surface area (Å²) in [4.78, 5) is 26.4. The molecule has 2 N–H and O–H groups in total. The molecule has 0 bridgehead atoms. The number of esters is 1. The van der Waals surface area contributed by atoms with Gasteiger partial charge in [0.25, 0.3) is 5.91 Å². The maximum Gasteiger partial charge on any atom is 0.330 e. The van der Waals surface area contributed by atoms with Crippen molar-refractivity contribution in [1.82, 2.24) is 10.3 Å². The van der Waals surface area contributed by atoms with Gasteiger partial charge < -0.3 is 15.0 Å². The summed E-state index contributed by atoms with van der Waals surface area (Å²) in [5, 5.41) is 3.96. The molecule has 5 nitrogen and oxygen atoms in total. The number of hydrogen-bond donors (Lipinski definition) is 2. The minimum atomic E-state index is -0.770. The molecule has 0 spiro atoms. The molecule has 116 valence electrons. The molecule has 0 aliphatic rings. The topological polar surface area (TPSA) is 71.2 Å². The van der Waals surface area contributed by atoms with Gasteiger partial charge in [0.15, 0.2) is 6.10 Å². The molecular weight excluding hydrogens is 280 g/mol. The number of fused-ring (bicyclic) bond motifs is 1. The van der Waals surface area contributed by atoms with Crippen molar-refractivity contribution in [3.8, 4) is 0 Å². The third kappa shape index (κ3) is 3.75. The highest BCUT2D eigenvalue weighted by atomic mass is 16.5. The van der Waals surface area contributed by atoms with E-state index in [0.29, 0.717) is 19.4 Å². The molecule has 1 aromatic heterocycles. The Bertz CT molecular complexity index is 675. The maximum absolute atomic E-state index is 12.0. The average Bonchev–Trinajstić information content (AvgIpc) is 2.95. The lowest BCUT2D eigenvalue weighted by atomic mass is 10.1. The molecule has 22 heavy (non-hydrogen) atoms. The lowest BCUT2D eigenvalue weighted by Gasteiger charge is -2.14. The number of H-pyrrole nitrogens is 1. The van der Waals surface area contributed by atoms with Crippen LogP contribution in [0.5, 0.6) is 0 Å². The molecule has 0 unspecified atom stereocenters. The first-order valence-corrected chi connectivity index (χ1v) is 7.31. The van der Waals surface area contributed by atoms with Crippen LogP contribution in [0.25, 0.3) is 10.9 Å². The van der Waals surface area contributed by atoms with Gasteiger partial charge in [-0.25, -0.2) is 4.79 Å². The predicted octanol–water partition coefficient (Wildman–Crippen LogP) is 2.33. The number of ether oxygens (including phenoxy) is 1. The molecule has 2 aromatic rings. The van der Waals surface area contributed by atoms with Crippen LogP contribution >= 0.6 is 0 Å². The Labute approximate surface area is 129 Å². The monoisotopic (exact) mass is 300 g/mol. The van der Waals surface area contributed by atoms with Gasteiger partial charge in [-0.15, -0.1) is 0 Å². The predicted molar refractivity (Wildman–Crippen MR) is 85.4 cm³/mol. The van der Waals surface area contributed by atoms with Crippen molar-refractivity contribution in [1.29, 1.82) is 0 Å². The molecule has 0 aliphatic heterocycles. The number of amides is 1. The summed E-state index contributed by atoms with van der Waals surface area (Å²) in [6, 6.07) is 8.02. The Balaban J connectivity index is 1.88. The van der Waals surface area contributed by atoms with Crippen molar-refractivity contribution in [3.63, 3.8) is 0 Å². The zero-order valence-corrected chi connectivity index (χ0v) is 12.6. The summed E-state index contributed by atoms with van der Waals surface area (Å²) in [6.07, 6.45) is 3.38. The van der Waals surface area contributed by atoms with Crippen molar-refractivity contribution in [2.75, 3.05) is 6.54 Å². The maximum atomic E-state index is 12.0. The highest BCUT2D eigenvalue weighted by Crippen LogP contribution is 2.17. The lowest BCUT2D eigenvalue weighted by Crippen LogP contribution is -2.38. The van der Waals surface area contributed by atoms with Gasteiger partial charge >= 0.3 is 5.97 Å². The van der Waals surface area contributed by atoms with Gasteiger partial charge in [-0.1, -0.05) is 31.7 Å². The van der Waals surface area contributed by atoms with Crippen molar-refractivity contribution >= 4 is 22.8 Å². The van der Waals surface area contributed by atoms with Crippen molar-refractivity contribution in [3.05, 3.63) is 48.7 Å². The van der Waals surface area contributed by atoms with E-state index in [2.05, 4.69) is 16.9 Å². The normalized spacial score (nSPS) is 11.9. The fraction of sp³-hybridized carbons (Fsp3) is 0.294. The molecule has 1 amide bonds. The first kappa shape index (κ1) is 15.8. The molecule has 0 radical (unpaired) electrons. The summed E-state index contributed by atoms with van der Waals surface area (Å²) in [5.74, 6) is -0.865. The van der Waals surface area contributed by atoms with Crippen LogP contribution in [0.15, 0.2) is 43.1 Å². The zero-order chi connectivity index (χ0) is 15.9. The van der Waals surface area contributed by atoms with Crippen LogP contribution in [0.1, 0.15) is 18.9 Å². The number of aromatic amines is 1. The number of hydrogen-bond acceptors (Lipinski definition) is 3. The molecule has 1 aromatic carbocycles. The highest BCUT2D eigenvalue weighted by Gasteiger charge is 2.19. The SMILES string of the molecule is C=CC(=O)O[C@H](CC)C(=O)NCCc1c[nH]c2ccccc12. The van der Waals surface area contributed by atoms with Crippen LogP contribution < -0.4 is 5.32 Å². The van der Waals surface area contributed by atoms with Crippen LogP contribution in [-0.2, 0) is 20.7 Å². The van der Waals surface area contributed by atoms with E-state index in [1.165, 1.54) is 0 Å². The summed E-state index contributed by atoms with van der Waals surface area (Å²) in [5.41, 5.74) is 2.22. The van der Waals surface area contributed by atoms with E-state index in [0.717, 1.165) is 22.5 Å². The molecule has 5 heteroatoms. The molecule has 0 saturated heterocycles. The van der Waals surface area contributed by atoms with Gasteiger partial charge in [-0.2, -0.15) is 0 Å².